The van der Waals surface area contributed by atoms with Crippen LogP contribution in [0.15, 0.2) is 0 Å². The number of rotatable bonds is 0. The molecular formula is H3CeLiMgSi. The predicted molar refractivity (Wildman–Crippen MR) is 21.4 cm³/mol. The van der Waals surface area contributed by atoms with Crippen LogP contribution in [0.3, 0.4) is 0 Å². The molecule has 0 aromatic carbocycles. The Labute approximate surface area is 92.6 Å². The van der Waals surface area contributed by atoms with Gasteiger partial charge in [-0.05, 0) is 0 Å². The Kier molecular flexibility index (Phi) is 118. The average Bonchev–Trinajstić information content (AvgIpc) is 0. The van der Waals surface area contributed by atoms with Gasteiger partial charge in [0.2, 0.25) is 0 Å². The van der Waals surface area contributed by atoms with Crippen molar-refractivity contribution in [1.82, 2.24) is 0 Å². The van der Waals surface area contributed by atoms with Crippen LogP contribution < -0.4 is 0 Å². The van der Waals surface area contributed by atoms with Crippen molar-refractivity contribution in [2.75, 3.05) is 0 Å². The third-order valence-electron chi connectivity index (χ3n) is 0. The first kappa shape index (κ1) is 28.2. The maximum Gasteiger partial charge on any atom is 0.316 e. The molecule has 0 spiro atoms. The van der Waals surface area contributed by atoms with Gasteiger partial charge in [-0.15, -0.1) is 0 Å². The third-order valence-corrected chi connectivity index (χ3v) is 0. The standard InChI is InChI=1S/Ce.Li.Mg.Si.3H. The van der Waals surface area contributed by atoms with E-state index in [0.717, 1.165) is 0 Å². The van der Waals surface area contributed by atoms with Crippen molar-refractivity contribution >= 4 is 52.9 Å². The van der Waals surface area contributed by atoms with E-state index in [1.807, 2.05) is 0 Å². The van der Waals surface area contributed by atoms with Crippen molar-refractivity contribution in [2.24, 2.45) is 0 Å². The van der Waals surface area contributed by atoms with Crippen LogP contribution >= 0.6 is 0 Å². The first-order valence-corrected chi connectivity index (χ1v) is 0. The molecule has 0 saturated carbocycles. The molecular weight excluding hydrogens is 199 g/mol. The first-order chi connectivity index (χ1) is 0. The molecule has 4 heavy (non-hydrogen) atoms. The van der Waals surface area contributed by atoms with Crippen LogP contribution in [0.4, 0.5) is 0 Å². The Morgan fingerprint density at radius 2 is 1.00 bits per heavy atom. The maximum atomic E-state index is 0. The second-order valence-corrected chi connectivity index (χ2v) is 0. The predicted octanol–water partition coefficient (Wildman–Crippen LogP) is -1.95. The molecule has 0 aliphatic heterocycles. The zero-order chi connectivity index (χ0) is 0. The van der Waals surface area contributed by atoms with Crippen molar-refractivity contribution in [3.05, 3.63) is 0 Å². The fraction of sp³-hybridized carbons (Fsp3) is 0. The zero-order valence-corrected chi connectivity index (χ0v) is 5.14. The van der Waals surface area contributed by atoms with E-state index in [1.165, 1.54) is 0 Å². The second kappa shape index (κ2) is 16.7. The molecule has 0 atom stereocenters. The molecule has 0 fully saturated rings. The summed E-state index contributed by atoms with van der Waals surface area (Å²) < 4.78 is 0. The zero-order valence-electron chi connectivity index (χ0n) is 1.00. The van der Waals surface area contributed by atoms with Gasteiger partial charge in [0.15, 0.2) is 0 Å². The quantitative estimate of drug-likeness (QED) is 0.401. The number of hydrogen-bond acceptors (Lipinski definition) is 0. The van der Waals surface area contributed by atoms with Crippen molar-refractivity contribution in [3.8, 4) is 0 Å². The van der Waals surface area contributed by atoms with Crippen molar-refractivity contribution < 1.29 is 41.7 Å². The monoisotopic (exact) mass is 202 g/mol. The molecule has 4 radical (unpaired) electrons. The minimum absolute atomic E-state index is 0. The summed E-state index contributed by atoms with van der Waals surface area (Å²) in [5.74, 6) is 0. The SMILES string of the molecule is [Ce].[LiH].[MgH2].[Si]. The van der Waals surface area contributed by atoms with E-state index >= 15 is 0 Å². The molecule has 0 aliphatic rings. The molecule has 0 N–H and O–H groups in total. The van der Waals surface area contributed by atoms with Crippen LogP contribution in [-0.2, 0) is 0 Å². The largest absolute Gasteiger partial charge is 0.316 e. The Hall–Kier alpha value is 2.96. The van der Waals surface area contributed by atoms with Gasteiger partial charge in [-0.1, -0.05) is 0 Å². The van der Waals surface area contributed by atoms with Gasteiger partial charge in [0.1, 0.15) is 0 Å². The van der Waals surface area contributed by atoms with Crippen LogP contribution in [0, 0.1) is 41.7 Å². The second-order valence-electron chi connectivity index (χ2n) is 0. The molecule has 14 valence electrons. The number of hydrogen-bond donors (Lipinski definition) is 0. The molecule has 0 unspecified atom stereocenters. The molecule has 0 bridgehead atoms. The van der Waals surface area contributed by atoms with Gasteiger partial charge in [-0.25, -0.2) is 0 Å². The molecule has 0 aromatic rings. The fourth-order valence-electron chi connectivity index (χ4n) is 0. The normalized spacial score (nSPS) is 0. The summed E-state index contributed by atoms with van der Waals surface area (Å²) in [5, 5.41) is 0. The molecule has 0 aliphatic carbocycles. The van der Waals surface area contributed by atoms with Crippen LogP contribution in [0.5, 0.6) is 0 Å². The van der Waals surface area contributed by atoms with Gasteiger partial charge in [-0.3, -0.25) is 0 Å². The molecule has 4 heteroatoms. The van der Waals surface area contributed by atoms with E-state index in [2.05, 4.69) is 0 Å². The average molecular weight is 202 g/mol. The minimum Gasteiger partial charge on any atom is 0 e. The van der Waals surface area contributed by atoms with Crippen LogP contribution in [0.25, 0.3) is 0 Å². The molecule has 0 heterocycles. The van der Waals surface area contributed by atoms with Crippen LogP contribution in [0.2, 0.25) is 0 Å². The summed E-state index contributed by atoms with van der Waals surface area (Å²) in [6, 6.07) is 0. The molecule has 0 nitrogen and oxygen atoms in total. The van der Waals surface area contributed by atoms with Gasteiger partial charge >= 0.3 is 41.9 Å². The van der Waals surface area contributed by atoms with Crippen LogP contribution in [-0.4, -0.2) is 52.9 Å². The van der Waals surface area contributed by atoms with Crippen molar-refractivity contribution in [2.45, 2.75) is 0 Å². The Morgan fingerprint density at radius 1 is 1.00 bits per heavy atom. The van der Waals surface area contributed by atoms with E-state index in [1.54, 1.807) is 0 Å². The third kappa shape index (κ3) is 8.88. The van der Waals surface area contributed by atoms with Crippen molar-refractivity contribution in [3.63, 3.8) is 0 Å². The van der Waals surface area contributed by atoms with Gasteiger partial charge in [0.25, 0.3) is 0 Å². The van der Waals surface area contributed by atoms with E-state index in [9.17, 15) is 0 Å². The summed E-state index contributed by atoms with van der Waals surface area (Å²) in [4.78, 5) is 0. The fourth-order valence-corrected chi connectivity index (χ4v) is 0. The maximum absolute atomic E-state index is 0. The molecule has 0 aromatic heterocycles. The van der Waals surface area contributed by atoms with Gasteiger partial charge in [-0.2, -0.15) is 0 Å². The summed E-state index contributed by atoms with van der Waals surface area (Å²) in [5.41, 5.74) is 0. The Balaban J connectivity index is 0. The van der Waals surface area contributed by atoms with Gasteiger partial charge < -0.3 is 0 Å². The van der Waals surface area contributed by atoms with Crippen LogP contribution in [0.1, 0.15) is 0 Å². The van der Waals surface area contributed by atoms with E-state index < -0.39 is 0 Å². The molecule has 0 rings (SSSR count). The first-order valence-electron chi connectivity index (χ1n) is 0. The van der Waals surface area contributed by atoms with Crippen molar-refractivity contribution in [1.29, 1.82) is 0 Å². The van der Waals surface area contributed by atoms with E-state index in [0.29, 0.717) is 0 Å². The van der Waals surface area contributed by atoms with Gasteiger partial charge in [0, 0.05) is 52.7 Å². The summed E-state index contributed by atoms with van der Waals surface area (Å²) in [6.45, 7) is 0. The Bertz CT molecular complexity index is 8.00. The summed E-state index contributed by atoms with van der Waals surface area (Å²) >= 11 is 0. The van der Waals surface area contributed by atoms with E-state index in [-0.39, 0.29) is 94.6 Å². The summed E-state index contributed by atoms with van der Waals surface area (Å²) in [6.07, 6.45) is 0. The van der Waals surface area contributed by atoms with E-state index in [4.69, 9.17) is 0 Å². The topological polar surface area (TPSA) is 0 Å². The summed E-state index contributed by atoms with van der Waals surface area (Å²) in [7, 11) is 0. The minimum atomic E-state index is 0. The smallest absolute Gasteiger partial charge is 0 e. The van der Waals surface area contributed by atoms with Gasteiger partial charge in [0.05, 0.1) is 0 Å². The molecule has 0 amide bonds. The Morgan fingerprint density at radius 3 is 1.00 bits per heavy atom. The molecule has 0 saturated heterocycles.